The van der Waals surface area contributed by atoms with Gasteiger partial charge in [-0.15, -0.1) is 12.4 Å². The summed E-state index contributed by atoms with van der Waals surface area (Å²) in [6.45, 7) is 4.55. The molecule has 2 aromatic rings. The number of halogens is 1. The first-order valence-corrected chi connectivity index (χ1v) is 9.98. The Morgan fingerprint density at radius 1 is 1.17 bits per heavy atom. The number of carbonyl (C=O) groups is 1. The number of ether oxygens (including phenoxy) is 2. The van der Waals surface area contributed by atoms with E-state index in [0.29, 0.717) is 30.1 Å². The molecule has 1 spiro atoms. The fourth-order valence-electron chi connectivity index (χ4n) is 4.12. The van der Waals surface area contributed by atoms with Crippen molar-refractivity contribution in [1.29, 1.82) is 0 Å². The highest BCUT2D eigenvalue weighted by Crippen LogP contribution is 2.37. The van der Waals surface area contributed by atoms with Crippen LogP contribution in [0.2, 0.25) is 0 Å². The standard InChI is InChI=1S/C21H28N4O3.ClH/c1-27-13-14-28-18-15-25(17-5-3-2-4-6-17)23-19(18)20(26)24-11-8-21(9-12-24)7-10-22-16-21;/h2-6,15,22H,7-14,16H2,1H3;1H. The number of aromatic nitrogens is 2. The predicted octanol–water partition coefficient (Wildman–Crippen LogP) is 2.54. The zero-order valence-electron chi connectivity index (χ0n) is 16.8. The molecule has 2 saturated heterocycles. The van der Waals surface area contributed by atoms with Crippen LogP contribution in [0.3, 0.4) is 0 Å². The number of likely N-dealkylation sites (tertiary alicyclic amines) is 1. The maximum Gasteiger partial charge on any atom is 0.278 e. The van der Waals surface area contributed by atoms with Crippen molar-refractivity contribution in [3.8, 4) is 11.4 Å². The van der Waals surface area contributed by atoms with Crippen molar-refractivity contribution in [1.82, 2.24) is 20.0 Å². The van der Waals surface area contributed by atoms with Crippen LogP contribution in [-0.2, 0) is 4.74 Å². The third kappa shape index (κ3) is 4.74. The van der Waals surface area contributed by atoms with Crippen LogP contribution < -0.4 is 10.1 Å². The van der Waals surface area contributed by atoms with E-state index in [-0.39, 0.29) is 18.3 Å². The molecule has 1 amide bonds. The van der Waals surface area contributed by atoms with Crippen molar-refractivity contribution < 1.29 is 14.3 Å². The summed E-state index contributed by atoms with van der Waals surface area (Å²) in [6.07, 6.45) is 5.09. The first kappa shape index (κ1) is 21.6. The van der Waals surface area contributed by atoms with Crippen molar-refractivity contribution in [2.24, 2.45) is 5.41 Å². The van der Waals surface area contributed by atoms with Crippen molar-refractivity contribution in [2.75, 3.05) is 46.5 Å². The van der Waals surface area contributed by atoms with Gasteiger partial charge in [0.15, 0.2) is 11.4 Å². The van der Waals surface area contributed by atoms with Gasteiger partial charge in [-0.25, -0.2) is 4.68 Å². The fourth-order valence-corrected chi connectivity index (χ4v) is 4.12. The van der Waals surface area contributed by atoms with Crippen LogP contribution in [-0.4, -0.2) is 67.1 Å². The number of hydrogen-bond donors (Lipinski definition) is 1. The van der Waals surface area contributed by atoms with Gasteiger partial charge >= 0.3 is 0 Å². The highest BCUT2D eigenvalue weighted by molar-refractivity contribution is 5.95. The van der Waals surface area contributed by atoms with Gasteiger partial charge in [0.05, 0.1) is 18.5 Å². The summed E-state index contributed by atoms with van der Waals surface area (Å²) in [7, 11) is 1.63. The van der Waals surface area contributed by atoms with Crippen molar-refractivity contribution in [2.45, 2.75) is 19.3 Å². The Hall–Kier alpha value is -2.09. The Bertz CT molecular complexity index is 796. The zero-order chi connectivity index (χ0) is 19.4. The number of methoxy groups -OCH3 is 1. The van der Waals surface area contributed by atoms with Crippen molar-refractivity contribution >= 4 is 18.3 Å². The average molecular weight is 421 g/mol. The lowest BCUT2D eigenvalue weighted by Gasteiger charge is -2.38. The smallest absolute Gasteiger partial charge is 0.278 e. The van der Waals surface area contributed by atoms with Gasteiger partial charge in [0.1, 0.15) is 6.61 Å². The second-order valence-corrected chi connectivity index (χ2v) is 7.68. The molecule has 0 aliphatic carbocycles. The van der Waals surface area contributed by atoms with Crippen LogP contribution in [0.15, 0.2) is 36.5 Å². The van der Waals surface area contributed by atoms with Gasteiger partial charge in [0.25, 0.3) is 5.91 Å². The predicted molar refractivity (Wildman–Crippen MR) is 113 cm³/mol. The summed E-state index contributed by atoms with van der Waals surface area (Å²) in [4.78, 5) is 15.1. The molecule has 29 heavy (non-hydrogen) atoms. The summed E-state index contributed by atoms with van der Waals surface area (Å²) >= 11 is 0. The molecule has 0 radical (unpaired) electrons. The Balaban J connectivity index is 0.00000240. The van der Waals surface area contributed by atoms with Gasteiger partial charge in [-0.1, -0.05) is 18.2 Å². The van der Waals surface area contributed by atoms with Gasteiger partial charge in [-0.05, 0) is 43.4 Å². The van der Waals surface area contributed by atoms with Crippen molar-refractivity contribution in [3.63, 3.8) is 0 Å². The summed E-state index contributed by atoms with van der Waals surface area (Å²) < 4.78 is 12.6. The molecule has 1 N–H and O–H groups in total. The Kier molecular flexibility index (Phi) is 7.16. The van der Waals surface area contributed by atoms with Crippen LogP contribution in [0.1, 0.15) is 29.8 Å². The number of rotatable bonds is 6. The van der Waals surface area contributed by atoms with E-state index in [1.165, 1.54) is 6.42 Å². The summed E-state index contributed by atoms with van der Waals surface area (Å²) in [5.74, 6) is 0.455. The number of para-hydroxylation sites is 1. The zero-order valence-corrected chi connectivity index (χ0v) is 17.6. The van der Waals surface area contributed by atoms with Crippen LogP contribution in [0.5, 0.6) is 5.75 Å². The average Bonchev–Trinajstić information content (AvgIpc) is 3.37. The van der Waals surface area contributed by atoms with Crippen LogP contribution in [0.25, 0.3) is 5.69 Å². The van der Waals surface area contributed by atoms with E-state index in [1.807, 2.05) is 35.2 Å². The molecule has 4 rings (SSSR count). The lowest BCUT2D eigenvalue weighted by atomic mass is 9.78. The highest BCUT2D eigenvalue weighted by atomic mass is 35.5. The molecular formula is C21H29ClN4O3. The second-order valence-electron chi connectivity index (χ2n) is 7.68. The minimum atomic E-state index is -0.0529. The number of nitrogens with one attached hydrogen (secondary N) is 1. The molecule has 8 heteroatoms. The van der Waals surface area contributed by atoms with Crippen LogP contribution in [0.4, 0.5) is 0 Å². The molecule has 1 aromatic carbocycles. The largest absolute Gasteiger partial charge is 0.487 e. The molecule has 0 unspecified atom stereocenters. The number of nitrogens with zero attached hydrogens (tertiary/aromatic N) is 3. The topological polar surface area (TPSA) is 68.6 Å². The summed E-state index contributed by atoms with van der Waals surface area (Å²) in [5.41, 5.74) is 1.64. The first-order chi connectivity index (χ1) is 13.7. The van der Waals surface area contributed by atoms with Gasteiger partial charge < -0.3 is 19.7 Å². The monoisotopic (exact) mass is 420 g/mol. The van der Waals surface area contributed by atoms with Crippen LogP contribution >= 0.6 is 12.4 Å². The van der Waals surface area contributed by atoms with Crippen LogP contribution in [0, 0.1) is 5.41 Å². The molecule has 0 atom stereocenters. The Morgan fingerprint density at radius 2 is 1.93 bits per heavy atom. The maximum absolute atomic E-state index is 13.2. The molecule has 2 fully saturated rings. The van der Waals surface area contributed by atoms with E-state index >= 15 is 0 Å². The molecule has 2 aliphatic rings. The van der Waals surface area contributed by atoms with E-state index in [1.54, 1.807) is 18.0 Å². The summed E-state index contributed by atoms with van der Waals surface area (Å²) in [5, 5.41) is 8.04. The minimum absolute atomic E-state index is 0. The number of carbonyl (C=O) groups excluding carboxylic acids is 1. The van der Waals surface area contributed by atoms with E-state index in [9.17, 15) is 4.79 Å². The molecule has 0 saturated carbocycles. The fraction of sp³-hybridized carbons (Fsp3) is 0.524. The third-order valence-electron chi connectivity index (χ3n) is 5.89. The second kappa shape index (κ2) is 9.61. The van der Waals surface area contributed by atoms with Crippen molar-refractivity contribution in [3.05, 3.63) is 42.2 Å². The number of piperidine rings is 1. The molecule has 7 nitrogen and oxygen atoms in total. The molecule has 3 heterocycles. The minimum Gasteiger partial charge on any atom is -0.487 e. The van der Waals surface area contributed by atoms with Gasteiger partial charge in [-0.2, -0.15) is 5.10 Å². The normalized spacial score (nSPS) is 17.9. The van der Waals surface area contributed by atoms with E-state index in [2.05, 4.69) is 10.4 Å². The molecule has 1 aromatic heterocycles. The van der Waals surface area contributed by atoms with E-state index < -0.39 is 0 Å². The molecular weight excluding hydrogens is 392 g/mol. The Labute approximate surface area is 177 Å². The number of amides is 1. The van der Waals surface area contributed by atoms with Gasteiger partial charge in [0.2, 0.25) is 0 Å². The lowest BCUT2D eigenvalue weighted by Crippen LogP contribution is -2.44. The first-order valence-electron chi connectivity index (χ1n) is 9.98. The molecule has 2 aliphatic heterocycles. The number of hydrogen-bond acceptors (Lipinski definition) is 5. The van der Waals surface area contributed by atoms with E-state index in [4.69, 9.17) is 9.47 Å². The highest BCUT2D eigenvalue weighted by Gasteiger charge is 2.39. The maximum atomic E-state index is 13.2. The summed E-state index contributed by atoms with van der Waals surface area (Å²) in [6, 6.07) is 9.76. The van der Waals surface area contributed by atoms with Gasteiger partial charge in [0, 0.05) is 26.7 Å². The lowest BCUT2D eigenvalue weighted by molar-refractivity contribution is 0.0595. The third-order valence-corrected chi connectivity index (χ3v) is 5.89. The molecule has 158 valence electrons. The Morgan fingerprint density at radius 3 is 2.59 bits per heavy atom. The van der Waals surface area contributed by atoms with E-state index in [0.717, 1.165) is 44.7 Å². The molecule has 0 bridgehead atoms. The quantitative estimate of drug-likeness (QED) is 0.727. The SMILES string of the molecule is COCCOc1cn(-c2ccccc2)nc1C(=O)N1CCC2(CCNC2)CC1.Cl. The van der Waals surface area contributed by atoms with Gasteiger partial charge in [-0.3, -0.25) is 4.79 Å². The number of benzene rings is 1.